The maximum Gasteiger partial charge on any atom is 0.220 e. The van der Waals surface area contributed by atoms with E-state index in [9.17, 15) is 4.79 Å². The minimum Gasteiger partial charge on any atom is -0.496 e. The van der Waals surface area contributed by atoms with Gasteiger partial charge in [0.1, 0.15) is 5.75 Å². The Balaban J connectivity index is 0.00000225. The highest BCUT2D eigenvalue weighted by Gasteiger charge is 2.39. The van der Waals surface area contributed by atoms with Crippen LogP contribution in [0.3, 0.4) is 0 Å². The first-order valence-electron chi connectivity index (χ1n) is 8.94. The van der Waals surface area contributed by atoms with Crippen molar-refractivity contribution in [1.82, 2.24) is 5.32 Å². The van der Waals surface area contributed by atoms with Gasteiger partial charge in [-0.2, -0.15) is 0 Å². The molecule has 2 saturated carbocycles. The van der Waals surface area contributed by atoms with E-state index in [0.29, 0.717) is 30.3 Å². The SMILES string of the molecule is COc1ccc(CCC(=O)NC2C3CCCC2CC(N)C3)cc1Br.Cl. The van der Waals surface area contributed by atoms with Crippen LogP contribution < -0.4 is 15.8 Å². The molecule has 0 saturated heterocycles. The van der Waals surface area contributed by atoms with E-state index < -0.39 is 0 Å². The van der Waals surface area contributed by atoms with Gasteiger partial charge in [-0.15, -0.1) is 12.4 Å². The number of carbonyl (C=O) groups excluding carboxylic acids is 1. The summed E-state index contributed by atoms with van der Waals surface area (Å²) in [5.41, 5.74) is 7.31. The van der Waals surface area contributed by atoms with Gasteiger partial charge in [-0.1, -0.05) is 12.5 Å². The zero-order valence-electron chi connectivity index (χ0n) is 14.7. The fourth-order valence-electron chi connectivity index (χ4n) is 4.41. The lowest BCUT2D eigenvalue weighted by molar-refractivity contribution is -0.123. The largest absolute Gasteiger partial charge is 0.496 e. The third-order valence-electron chi connectivity index (χ3n) is 5.56. The first-order chi connectivity index (χ1) is 11.6. The summed E-state index contributed by atoms with van der Waals surface area (Å²) in [6.07, 6.45) is 7.10. The lowest BCUT2D eigenvalue weighted by Gasteiger charge is -2.45. The Labute approximate surface area is 164 Å². The van der Waals surface area contributed by atoms with E-state index in [0.717, 1.165) is 35.0 Å². The summed E-state index contributed by atoms with van der Waals surface area (Å²) in [6, 6.07) is 6.65. The summed E-state index contributed by atoms with van der Waals surface area (Å²) in [4.78, 5) is 12.4. The molecule has 2 bridgehead atoms. The first kappa shape index (κ1) is 20.5. The normalized spacial score (nSPS) is 28.0. The number of halogens is 2. The van der Waals surface area contributed by atoms with Crippen LogP contribution in [0.2, 0.25) is 0 Å². The molecule has 3 rings (SSSR count). The number of aryl methyl sites for hydroxylation is 1. The van der Waals surface area contributed by atoms with Gasteiger partial charge < -0.3 is 15.8 Å². The Bertz CT molecular complexity index is 585. The van der Waals surface area contributed by atoms with Gasteiger partial charge in [0.25, 0.3) is 0 Å². The van der Waals surface area contributed by atoms with Gasteiger partial charge in [-0.25, -0.2) is 0 Å². The van der Waals surface area contributed by atoms with E-state index in [1.54, 1.807) is 7.11 Å². The molecule has 0 spiro atoms. The Morgan fingerprint density at radius 3 is 2.60 bits per heavy atom. The van der Waals surface area contributed by atoms with Gasteiger partial charge in [0.05, 0.1) is 11.6 Å². The summed E-state index contributed by atoms with van der Waals surface area (Å²) in [5, 5.41) is 3.32. The fourth-order valence-corrected chi connectivity index (χ4v) is 4.99. The number of hydrogen-bond donors (Lipinski definition) is 2. The van der Waals surface area contributed by atoms with Crippen molar-refractivity contribution in [2.75, 3.05) is 7.11 Å². The van der Waals surface area contributed by atoms with Crippen LogP contribution >= 0.6 is 28.3 Å². The summed E-state index contributed by atoms with van der Waals surface area (Å²) in [7, 11) is 1.65. The Morgan fingerprint density at radius 1 is 1.32 bits per heavy atom. The number of fused-ring (bicyclic) bond motifs is 2. The topological polar surface area (TPSA) is 64.3 Å². The molecule has 0 aliphatic heterocycles. The predicted octanol–water partition coefficient (Wildman–Crippen LogP) is 3.83. The number of ether oxygens (including phenoxy) is 1. The minimum atomic E-state index is 0. The molecular weight excluding hydrogens is 404 g/mol. The molecular formula is C19H28BrClN2O2. The van der Waals surface area contributed by atoms with E-state index >= 15 is 0 Å². The number of nitrogens with two attached hydrogens (primary N) is 1. The number of carbonyl (C=O) groups is 1. The molecule has 2 aliphatic carbocycles. The summed E-state index contributed by atoms with van der Waals surface area (Å²) in [5.74, 6) is 2.13. The van der Waals surface area contributed by atoms with Crippen LogP contribution in [-0.2, 0) is 11.2 Å². The smallest absolute Gasteiger partial charge is 0.220 e. The molecule has 0 heterocycles. The number of rotatable bonds is 5. The van der Waals surface area contributed by atoms with Gasteiger partial charge in [0.15, 0.2) is 0 Å². The molecule has 2 fully saturated rings. The van der Waals surface area contributed by atoms with E-state index in [2.05, 4.69) is 21.2 Å². The second-order valence-corrected chi connectivity index (χ2v) is 8.10. The molecule has 0 aromatic heterocycles. The Kier molecular flexibility index (Phi) is 7.59. The molecule has 2 unspecified atom stereocenters. The molecule has 1 aromatic rings. The third-order valence-corrected chi connectivity index (χ3v) is 6.18. The average molecular weight is 432 g/mol. The van der Waals surface area contributed by atoms with Crippen molar-refractivity contribution in [1.29, 1.82) is 0 Å². The minimum absolute atomic E-state index is 0. The van der Waals surface area contributed by atoms with Crippen molar-refractivity contribution >= 4 is 34.2 Å². The Morgan fingerprint density at radius 2 is 2.00 bits per heavy atom. The van der Waals surface area contributed by atoms with Crippen LogP contribution in [0.15, 0.2) is 22.7 Å². The monoisotopic (exact) mass is 430 g/mol. The number of amides is 1. The summed E-state index contributed by atoms with van der Waals surface area (Å²) in [6.45, 7) is 0. The van der Waals surface area contributed by atoms with E-state index in [1.807, 2.05) is 18.2 Å². The van der Waals surface area contributed by atoms with Crippen molar-refractivity contribution in [3.8, 4) is 5.75 Å². The maximum atomic E-state index is 12.4. The van der Waals surface area contributed by atoms with Crippen molar-refractivity contribution in [2.45, 2.75) is 57.0 Å². The van der Waals surface area contributed by atoms with Crippen molar-refractivity contribution in [3.05, 3.63) is 28.2 Å². The van der Waals surface area contributed by atoms with Gasteiger partial charge in [-0.05, 0) is 77.6 Å². The second-order valence-electron chi connectivity index (χ2n) is 7.24. The van der Waals surface area contributed by atoms with E-state index in [4.69, 9.17) is 10.5 Å². The molecule has 2 aliphatic rings. The highest BCUT2D eigenvalue weighted by Crippen LogP contribution is 2.39. The third kappa shape index (κ3) is 5.11. The van der Waals surface area contributed by atoms with Crippen LogP contribution in [0.25, 0.3) is 0 Å². The van der Waals surface area contributed by atoms with Gasteiger partial charge in [-0.3, -0.25) is 4.79 Å². The van der Waals surface area contributed by atoms with Crippen molar-refractivity contribution < 1.29 is 9.53 Å². The van der Waals surface area contributed by atoms with Gasteiger partial charge in [0.2, 0.25) is 5.91 Å². The molecule has 6 heteroatoms. The fraction of sp³-hybridized carbons (Fsp3) is 0.632. The molecule has 2 atom stereocenters. The molecule has 0 radical (unpaired) electrons. The zero-order valence-corrected chi connectivity index (χ0v) is 17.1. The second kappa shape index (κ2) is 9.24. The highest BCUT2D eigenvalue weighted by molar-refractivity contribution is 9.10. The highest BCUT2D eigenvalue weighted by atomic mass is 79.9. The van der Waals surface area contributed by atoms with Crippen LogP contribution in [0.4, 0.5) is 0 Å². The predicted molar refractivity (Wildman–Crippen MR) is 106 cm³/mol. The van der Waals surface area contributed by atoms with Crippen LogP contribution in [0, 0.1) is 11.8 Å². The summed E-state index contributed by atoms with van der Waals surface area (Å²) < 4.78 is 6.17. The number of methoxy groups -OCH3 is 1. The molecule has 3 N–H and O–H groups in total. The van der Waals surface area contributed by atoms with Gasteiger partial charge in [0, 0.05) is 18.5 Å². The number of nitrogens with one attached hydrogen (secondary N) is 1. The standard InChI is InChI=1S/C19H27BrN2O2.ClH/c1-24-17-7-5-12(9-16(17)20)6-8-18(23)22-19-13-3-2-4-14(19)11-15(21)10-13;/h5,7,9,13-15,19H,2-4,6,8,10-11,21H2,1H3,(H,22,23);1H. The zero-order chi connectivity index (χ0) is 17.1. The van der Waals surface area contributed by atoms with Crippen molar-refractivity contribution in [2.24, 2.45) is 17.6 Å². The number of hydrogen-bond acceptors (Lipinski definition) is 3. The Hall–Kier alpha value is -0.780. The first-order valence-corrected chi connectivity index (χ1v) is 9.73. The lowest BCUT2D eigenvalue weighted by Crippen LogP contribution is -2.53. The van der Waals surface area contributed by atoms with Crippen molar-refractivity contribution in [3.63, 3.8) is 0 Å². The van der Waals surface area contributed by atoms with E-state index in [-0.39, 0.29) is 18.3 Å². The molecule has 1 amide bonds. The molecule has 4 nitrogen and oxygen atoms in total. The summed E-state index contributed by atoms with van der Waals surface area (Å²) >= 11 is 3.49. The average Bonchev–Trinajstić information content (AvgIpc) is 2.54. The van der Waals surface area contributed by atoms with E-state index in [1.165, 1.54) is 19.3 Å². The van der Waals surface area contributed by atoms with Crippen LogP contribution in [0.1, 0.15) is 44.1 Å². The van der Waals surface area contributed by atoms with Crippen LogP contribution in [0.5, 0.6) is 5.75 Å². The molecule has 140 valence electrons. The lowest BCUT2D eigenvalue weighted by atomic mass is 9.67. The molecule has 25 heavy (non-hydrogen) atoms. The maximum absolute atomic E-state index is 12.4. The number of benzene rings is 1. The molecule has 1 aromatic carbocycles. The quantitative estimate of drug-likeness (QED) is 0.744. The van der Waals surface area contributed by atoms with Crippen LogP contribution in [-0.4, -0.2) is 25.1 Å². The van der Waals surface area contributed by atoms with Gasteiger partial charge >= 0.3 is 0 Å².